The van der Waals surface area contributed by atoms with Crippen LogP contribution in [0.2, 0.25) is 0 Å². The smallest absolute Gasteiger partial charge is 0.337 e. The Morgan fingerprint density at radius 3 is 2.20 bits per heavy atom. The maximum Gasteiger partial charge on any atom is 0.337 e. The molecule has 1 unspecified atom stereocenters. The Labute approximate surface area is 149 Å². The molecular formula is C19H18O5S. The number of carboxylic acids is 1. The van der Waals surface area contributed by atoms with E-state index in [1.54, 1.807) is 36.4 Å². The van der Waals surface area contributed by atoms with E-state index < -0.39 is 18.0 Å². The monoisotopic (exact) mass is 358 g/mol. The van der Waals surface area contributed by atoms with Gasteiger partial charge in [0, 0.05) is 23.8 Å². The third-order valence-electron chi connectivity index (χ3n) is 3.73. The molecule has 2 rings (SSSR count). The van der Waals surface area contributed by atoms with Gasteiger partial charge in [-0.05, 0) is 5.56 Å². The second-order valence-corrected chi connectivity index (χ2v) is 6.66. The summed E-state index contributed by atoms with van der Waals surface area (Å²) in [6.07, 6.45) is -1.78. The molecule has 0 aromatic heterocycles. The van der Waals surface area contributed by atoms with Crippen LogP contribution < -0.4 is 0 Å². The van der Waals surface area contributed by atoms with Gasteiger partial charge in [-0.1, -0.05) is 66.4 Å². The van der Waals surface area contributed by atoms with Crippen molar-refractivity contribution in [2.75, 3.05) is 5.75 Å². The fraction of sp³-hybridized carbons (Fsp3) is 0.211. The Bertz CT molecular complexity index is 772. The first-order chi connectivity index (χ1) is 11.9. The fourth-order valence-corrected chi connectivity index (χ4v) is 3.24. The minimum Gasteiger partial charge on any atom is -0.479 e. The van der Waals surface area contributed by atoms with Gasteiger partial charge in [-0.15, -0.1) is 0 Å². The van der Waals surface area contributed by atoms with Gasteiger partial charge in [0.25, 0.3) is 0 Å². The molecule has 0 bridgehead atoms. The largest absolute Gasteiger partial charge is 0.479 e. The second-order valence-electron chi connectivity index (χ2n) is 5.46. The number of carbonyl (C=O) groups is 3. The van der Waals surface area contributed by atoms with Crippen molar-refractivity contribution in [3.63, 3.8) is 0 Å². The van der Waals surface area contributed by atoms with E-state index in [0.29, 0.717) is 0 Å². The molecule has 2 aromatic carbocycles. The normalized spacial score (nSPS) is 13.0. The maximum absolute atomic E-state index is 13.1. The molecule has 2 N–H and O–H groups in total. The number of carboxylic acid groups (broad SMARTS) is 1. The molecule has 2 atom stereocenters. The Kier molecular flexibility index (Phi) is 6.50. The predicted molar refractivity (Wildman–Crippen MR) is 95.7 cm³/mol. The summed E-state index contributed by atoms with van der Waals surface area (Å²) in [4.78, 5) is 35.5. The van der Waals surface area contributed by atoms with Gasteiger partial charge in [0.2, 0.25) is 0 Å². The molecule has 5 nitrogen and oxygen atoms in total. The predicted octanol–water partition coefficient (Wildman–Crippen LogP) is 3.05. The average Bonchev–Trinajstić information content (AvgIpc) is 2.61. The summed E-state index contributed by atoms with van der Waals surface area (Å²) in [7, 11) is 0. The highest BCUT2D eigenvalue weighted by Crippen LogP contribution is 2.29. The van der Waals surface area contributed by atoms with Crippen LogP contribution in [0, 0.1) is 0 Å². The molecule has 2 aromatic rings. The third kappa shape index (κ3) is 4.78. The highest BCUT2D eigenvalue weighted by atomic mass is 32.2. The summed E-state index contributed by atoms with van der Waals surface area (Å²) in [6.45, 7) is 1.43. The van der Waals surface area contributed by atoms with Crippen molar-refractivity contribution in [1.29, 1.82) is 0 Å². The van der Waals surface area contributed by atoms with Crippen molar-refractivity contribution in [2.45, 2.75) is 18.9 Å². The van der Waals surface area contributed by atoms with Crippen LogP contribution in [-0.2, 0) is 9.59 Å². The zero-order valence-corrected chi connectivity index (χ0v) is 14.4. The Balaban J connectivity index is 2.43. The van der Waals surface area contributed by atoms with E-state index >= 15 is 0 Å². The summed E-state index contributed by atoms with van der Waals surface area (Å²) in [6, 6.07) is 15.1. The molecule has 0 aliphatic heterocycles. The highest BCUT2D eigenvalue weighted by molar-refractivity contribution is 8.13. The van der Waals surface area contributed by atoms with Crippen molar-refractivity contribution in [1.82, 2.24) is 0 Å². The lowest BCUT2D eigenvalue weighted by Crippen LogP contribution is -2.20. The zero-order chi connectivity index (χ0) is 18.4. The summed E-state index contributed by atoms with van der Waals surface area (Å²) < 4.78 is 0. The summed E-state index contributed by atoms with van der Waals surface area (Å²) >= 11 is 1.04. The first-order valence-electron chi connectivity index (χ1n) is 7.64. The topological polar surface area (TPSA) is 91.7 Å². The number of Topliss-reactive ketones (excluding diaryl/α,β-unsaturated/α-hetero) is 1. The fourth-order valence-electron chi connectivity index (χ4n) is 2.49. The van der Waals surface area contributed by atoms with Gasteiger partial charge in [-0.2, -0.15) is 0 Å². The van der Waals surface area contributed by atoms with Crippen molar-refractivity contribution in [2.24, 2.45) is 0 Å². The molecule has 0 heterocycles. The molecule has 0 amide bonds. The van der Waals surface area contributed by atoms with Crippen LogP contribution in [0.5, 0.6) is 0 Å². The summed E-state index contributed by atoms with van der Waals surface area (Å²) in [5.74, 6) is -2.11. The van der Waals surface area contributed by atoms with E-state index in [-0.39, 0.29) is 27.8 Å². The van der Waals surface area contributed by atoms with Crippen molar-refractivity contribution in [3.05, 3.63) is 71.3 Å². The number of carbonyl (C=O) groups excluding carboxylic acids is 2. The van der Waals surface area contributed by atoms with E-state index in [0.717, 1.165) is 17.3 Å². The molecular weight excluding hydrogens is 340 g/mol. The number of aliphatic hydroxyl groups excluding tert-OH is 1. The first-order valence-corrected chi connectivity index (χ1v) is 8.62. The number of aliphatic hydroxyl groups is 1. The van der Waals surface area contributed by atoms with Gasteiger partial charge < -0.3 is 10.2 Å². The van der Waals surface area contributed by atoms with Gasteiger partial charge >= 0.3 is 5.97 Å². The van der Waals surface area contributed by atoms with Crippen LogP contribution in [0.15, 0.2) is 54.6 Å². The van der Waals surface area contributed by atoms with Gasteiger partial charge in [0.15, 0.2) is 17.0 Å². The number of benzene rings is 2. The van der Waals surface area contributed by atoms with Crippen molar-refractivity contribution in [3.8, 4) is 0 Å². The maximum atomic E-state index is 13.1. The lowest BCUT2D eigenvalue weighted by Gasteiger charge is -2.18. The molecule has 6 heteroatoms. The molecule has 130 valence electrons. The summed E-state index contributed by atoms with van der Waals surface area (Å²) in [5.41, 5.74) is 0.935. The molecule has 0 radical (unpaired) electrons. The second kappa shape index (κ2) is 8.60. The molecule has 0 saturated carbocycles. The standard InChI is InChI=1S/C19H18O5S/c1-12(20)25-11-16(13-7-3-2-4-8-13)17(21)14-9-5-6-10-15(14)18(22)19(23)24/h2-10,16,18,22H,11H2,1H3,(H,23,24)/t16?,18-/m1/s1. The third-order valence-corrected chi connectivity index (χ3v) is 4.63. The van der Waals surface area contributed by atoms with Crippen LogP contribution in [-0.4, -0.2) is 32.8 Å². The molecule has 0 saturated heterocycles. The lowest BCUT2D eigenvalue weighted by atomic mass is 9.88. The number of hydrogen-bond donors (Lipinski definition) is 2. The van der Waals surface area contributed by atoms with Gasteiger partial charge in [-0.25, -0.2) is 4.79 Å². The number of thioether (sulfide) groups is 1. The molecule has 0 aliphatic rings. The number of ketones is 1. The average molecular weight is 358 g/mol. The highest BCUT2D eigenvalue weighted by Gasteiger charge is 2.28. The van der Waals surface area contributed by atoms with Crippen LogP contribution in [0.3, 0.4) is 0 Å². The Morgan fingerprint density at radius 2 is 1.60 bits per heavy atom. The van der Waals surface area contributed by atoms with E-state index in [1.807, 2.05) is 6.07 Å². The van der Waals surface area contributed by atoms with Crippen LogP contribution in [0.4, 0.5) is 0 Å². The Morgan fingerprint density at radius 1 is 1.00 bits per heavy atom. The molecule has 25 heavy (non-hydrogen) atoms. The van der Waals surface area contributed by atoms with Crippen LogP contribution in [0.25, 0.3) is 0 Å². The van der Waals surface area contributed by atoms with Gasteiger partial charge in [0.1, 0.15) is 0 Å². The Hall–Kier alpha value is -2.44. The summed E-state index contributed by atoms with van der Waals surface area (Å²) in [5, 5.41) is 18.8. The minimum atomic E-state index is -1.78. The van der Waals surface area contributed by atoms with Gasteiger partial charge in [0.05, 0.1) is 5.92 Å². The molecule has 0 spiro atoms. The van der Waals surface area contributed by atoms with Crippen LogP contribution in [0.1, 0.15) is 40.4 Å². The quantitative estimate of drug-likeness (QED) is 0.739. The lowest BCUT2D eigenvalue weighted by molar-refractivity contribution is -0.147. The SMILES string of the molecule is CC(=O)SCC(C(=O)c1ccccc1[C@@H](O)C(=O)O)c1ccccc1. The number of aliphatic carboxylic acids is 1. The van der Waals surface area contributed by atoms with Crippen molar-refractivity contribution < 1.29 is 24.6 Å². The van der Waals surface area contributed by atoms with E-state index in [2.05, 4.69) is 0 Å². The minimum absolute atomic E-state index is 0.0498. The van der Waals surface area contributed by atoms with E-state index in [4.69, 9.17) is 5.11 Å². The van der Waals surface area contributed by atoms with Crippen LogP contribution >= 0.6 is 11.8 Å². The van der Waals surface area contributed by atoms with E-state index in [9.17, 15) is 19.5 Å². The van der Waals surface area contributed by atoms with E-state index in [1.165, 1.54) is 19.1 Å². The number of hydrogen-bond acceptors (Lipinski definition) is 5. The molecule has 0 aliphatic carbocycles. The van der Waals surface area contributed by atoms with Gasteiger partial charge in [-0.3, -0.25) is 9.59 Å². The number of rotatable bonds is 7. The zero-order valence-electron chi connectivity index (χ0n) is 13.6. The molecule has 0 fully saturated rings. The first kappa shape index (κ1) is 18.9. The van der Waals surface area contributed by atoms with Crippen molar-refractivity contribution >= 4 is 28.6 Å².